The number of carbonyl (C=O) groups excluding carboxylic acids is 2. The van der Waals surface area contributed by atoms with Crippen LogP contribution in [0.2, 0.25) is 0 Å². The van der Waals surface area contributed by atoms with Crippen molar-refractivity contribution >= 4 is 28.6 Å². The molecule has 2 aromatic carbocycles. The summed E-state index contributed by atoms with van der Waals surface area (Å²) in [5.74, 6) is -0.322. The number of benzene rings is 2. The van der Waals surface area contributed by atoms with Crippen molar-refractivity contribution in [3.8, 4) is 28.6 Å². The fourth-order valence-electron chi connectivity index (χ4n) is 4.35. The molecule has 1 aromatic heterocycles. The summed E-state index contributed by atoms with van der Waals surface area (Å²) in [6.45, 7) is 6.77. The number of methoxy groups -OCH3 is 2. The van der Waals surface area contributed by atoms with Gasteiger partial charge in [-0.3, -0.25) is 14.4 Å². The second kappa shape index (κ2) is 12.4. The van der Waals surface area contributed by atoms with Crippen LogP contribution in [0.25, 0.3) is 22.3 Å². The zero-order chi connectivity index (χ0) is 28.9. The number of aromatic nitrogens is 2. The molecule has 3 N–H and O–H groups in total. The molecule has 0 radical (unpaired) electrons. The Morgan fingerprint density at radius 3 is 2.26 bits per heavy atom. The molecular weight excluding hydrogens is 506 g/mol. The highest BCUT2D eigenvalue weighted by atomic mass is 16.5. The summed E-state index contributed by atoms with van der Waals surface area (Å²) in [6, 6.07) is 5.66. The highest BCUT2D eigenvalue weighted by Crippen LogP contribution is 2.32. The molecule has 1 amide bonds. The maximum Gasteiger partial charge on any atom is 0.326 e. The number of nitrogens with zero attached hydrogens (tertiary/aromatic N) is 1. The van der Waals surface area contributed by atoms with Crippen LogP contribution in [0, 0.1) is 13.8 Å². The number of nitrogens with one attached hydrogen (secondary N) is 2. The maximum absolute atomic E-state index is 12.9. The summed E-state index contributed by atoms with van der Waals surface area (Å²) in [7, 11) is 2.99. The predicted molar refractivity (Wildman–Crippen MR) is 145 cm³/mol. The number of H-pyrrole nitrogens is 1. The maximum atomic E-state index is 12.9. The van der Waals surface area contributed by atoms with Gasteiger partial charge in [-0.15, -0.1) is 0 Å². The Labute approximate surface area is 225 Å². The van der Waals surface area contributed by atoms with Crippen molar-refractivity contribution in [2.75, 3.05) is 14.2 Å². The topological polar surface area (TPSA) is 157 Å². The van der Waals surface area contributed by atoms with Crippen molar-refractivity contribution < 1.29 is 33.7 Å². The highest BCUT2D eigenvalue weighted by Gasteiger charge is 2.25. The van der Waals surface area contributed by atoms with E-state index in [1.807, 2.05) is 32.9 Å². The number of aliphatic carboxylic acids is 1. The van der Waals surface area contributed by atoms with E-state index in [-0.39, 0.29) is 24.2 Å². The molecule has 2 unspecified atom stereocenters. The molecule has 208 valence electrons. The number of aryl methyl sites for hydroxylation is 2. The monoisotopic (exact) mass is 539 g/mol. The summed E-state index contributed by atoms with van der Waals surface area (Å²) in [4.78, 5) is 55.6. The third-order valence-electron chi connectivity index (χ3n) is 6.24. The first-order valence-electron chi connectivity index (χ1n) is 12.4. The van der Waals surface area contributed by atoms with Gasteiger partial charge in [-0.25, -0.2) is 9.78 Å². The van der Waals surface area contributed by atoms with Gasteiger partial charge in [0.05, 0.1) is 19.7 Å². The molecule has 0 fully saturated rings. The molecule has 0 aliphatic heterocycles. The second-order valence-corrected chi connectivity index (χ2v) is 9.26. The minimum absolute atomic E-state index is 0.0102. The lowest BCUT2D eigenvalue weighted by Crippen LogP contribution is -2.41. The molecule has 2 atom stereocenters. The Hall–Kier alpha value is -4.41. The van der Waals surface area contributed by atoms with E-state index in [0.717, 1.165) is 11.1 Å². The van der Waals surface area contributed by atoms with Gasteiger partial charge in [0.25, 0.3) is 5.56 Å². The van der Waals surface area contributed by atoms with E-state index in [9.17, 15) is 24.3 Å². The molecular formula is C28H33N3O8. The zero-order valence-electron chi connectivity index (χ0n) is 22.8. The third-order valence-corrected chi connectivity index (χ3v) is 6.24. The number of carboxylic acid groups (broad SMARTS) is 1. The number of fused-ring (bicyclic) bond motifs is 1. The van der Waals surface area contributed by atoms with Crippen LogP contribution in [0.5, 0.6) is 17.2 Å². The molecule has 39 heavy (non-hydrogen) atoms. The Kier molecular flexibility index (Phi) is 9.29. The Balaban J connectivity index is 1.87. The van der Waals surface area contributed by atoms with Gasteiger partial charge in [-0.2, -0.15) is 0 Å². The molecule has 0 saturated heterocycles. The first kappa shape index (κ1) is 29.2. The van der Waals surface area contributed by atoms with Crippen LogP contribution in [-0.2, 0) is 14.4 Å². The van der Waals surface area contributed by atoms with Crippen molar-refractivity contribution in [1.82, 2.24) is 15.3 Å². The quantitative estimate of drug-likeness (QED) is 0.314. The molecule has 0 bridgehead atoms. The van der Waals surface area contributed by atoms with Crippen LogP contribution in [0.15, 0.2) is 29.1 Å². The summed E-state index contributed by atoms with van der Waals surface area (Å²) in [5.41, 5.74) is 2.27. The number of hydrogen-bond donors (Lipinski definition) is 3. The van der Waals surface area contributed by atoms with Crippen LogP contribution in [0.3, 0.4) is 0 Å². The molecule has 1 heterocycles. The van der Waals surface area contributed by atoms with Crippen LogP contribution >= 0.6 is 0 Å². The number of ketones is 1. The van der Waals surface area contributed by atoms with Gasteiger partial charge < -0.3 is 29.6 Å². The summed E-state index contributed by atoms with van der Waals surface area (Å²) < 4.78 is 16.8. The number of Topliss-reactive ketones (excluding diaryl/α,β-unsaturated/α-hetero) is 1. The number of carbonyl (C=O) groups is 3. The Morgan fingerprint density at radius 2 is 1.72 bits per heavy atom. The van der Waals surface area contributed by atoms with Crippen molar-refractivity contribution in [2.45, 2.75) is 59.1 Å². The summed E-state index contributed by atoms with van der Waals surface area (Å²) in [5, 5.41) is 11.9. The van der Waals surface area contributed by atoms with E-state index < -0.39 is 24.0 Å². The van der Waals surface area contributed by atoms with Crippen molar-refractivity contribution in [3.05, 3.63) is 45.7 Å². The van der Waals surface area contributed by atoms with Crippen LogP contribution in [0.4, 0.5) is 0 Å². The number of carboxylic acids is 1. The van der Waals surface area contributed by atoms with Gasteiger partial charge in [0.15, 0.2) is 0 Å². The molecule has 3 rings (SSSR count). The number of aromatic amines is 1. The van der Waals surface area contributed by atoms with E-state index in [1.54, 1.807) is 12.1 Å². The minimum atomic E-state index is -1.29. The van der Waals surface area contributed by atoms with E-state index >= 15 is 0 Å². The molecule has 0 spiro atoms. The summed E-state index contributed by atoms with van der Waals surface area (Å²) in [6.07, 6.45) is -0.328. The molecule has 11 heteroatoms. The average Bonchev–Trinajstić information content (AvgIpc) is 2.88. The molecule has 11 nitrogen and oxygen atoms in total. The van der Waals surface area contributed by atoms with Crippen molar-refractivity contribution in [2.24, 2.45) is 0 Å². The van der Waals surface area contributed by atoms with Gasteiger partial charge in [0, 0.05) is 37.5 Å². The molecule has 0 aliphatic carbocycles. The van der Waals surface area contributed by atoms with Gasteiger partial charge in [0.1, 0.15) is 46.4 Å². The fourth-order valence-corrected chi connectivity index (χ4v) is 4.35. The lowest BCUT2D eigenvalue weighted by Gasteiger charge is -2.21. The lowest BCUT2D eigenvalue weighted by molar-refractivity contribution is -0.143. The lowest BCUT2D eigenvalue weighted by atomic mass is 10.0. The van der Waals surface area contributed by atoms with E-state index in [1.165, 1.54) is 21.1 Å². The molecule has 3 aromatic rings. The standard InChI is InChI=1S/C28H33N3O8/c1-7-19(10-18(33)11-22(28(35)36)29-16(4)32)39-25-14(2)8-17(9-15(25)3)26-30-21-12-20(37-5)13-23(38-6)24(21)27(34)31-26/h8-9,12-13,19,22H,7,10-11H2,1-6H3,(H,29,32)(H,35,36)(H,30,31,34). The van der Waals surface area contributed by atoms with Gasteiger partial charge in [0.2, 0.25) is 5.91 Å². The molecule has 0 saturated carbocycles. The predicted octanol–water partition coefficient (Wildman–Crippen LogP) is 3.32. The number of ether oxygens (including phenoxy) is 3. The third kappa shape index (κ3) is 6.92. The molecule has 0 aliphatic rings. The zero-order valence-corrected chi connectivity index (χ0v) is 22.8. The first-order chi connectivity index (χ1) is 18.5. The second-order valence-electron chi connectivity index (χ2n) is 9.26. The Morgan fingerprint density at radius 1 is 1.05 bits per heavy atom. The highest BCUT2D eigenvalue weighted by molar-refractivity contribution is 5.89. The van der Waals surface area contributed by atoms with Crippen LogP contribution < -0.4 is 25.1 Å². The van der Waals surface area contributed by atoms with Gasteiger partial charge >= 0.3 is 5.97 Å². The van der Waals surface area contributed by atoms with Gasteiger partial charge in [-0.05, 0) is 43.5 Å². The van der Waals surface area contributed by atoms with Gasteiger partial charge in [-0.1, -0.05) is 6.92 Å². The fraction of sp³-hybridized carbons (Fsp3) is 0.393. The normalized spacial score (nSPS) is 12.5. The average molecular weight is 540 g/mol. The smallest absolute Gasteiger partial charge is 0.326 e. The first-order valence-corrected chi connectivity index (χ1v) is 12.4. The van der Waals surface area contributed by atoms with Crippen LogP contribution in [0.1, 0.15) is 44.2 Å². The van der Waals surface area contributed by atoms with E-state index in [2.05, 4.69) is 15.3 Å². The summed E-state index contributed by atoms with van der Waals surface area (Å²) >= 11 is 0. The van der Waals surface area contributed by atoms with Crippen molar-refractivity contribution in [3.63, 3.8) is 0 Å². The van der Waals surface area contributed by atoms with Crippen molar-refractivity contribution in [1.29, 1.82) is 0 Å². The van der Waals surface area contributed by atoms with Crippen LogP contribution in [-0.4, -0.2) is 59.1 Å². The van der Waals surface area contributed by atoms with E-state index in [4.69, 9.17) is 14.2 Å². The number of amides is 1. The largest absolute Gasteiger partial charge is 0.497 e. The van der Waals surface area contributed by atoms with E-state index in [0.29, 0.717) is 46.0 Å². The number of rotatable bonds is 12. The number of hydrogen-bond acceptors (Lipinski definition) is 8. The Bertz CT molecular complexity index is 1440. The minimum Gasteiger partial charge on any atom is -0.497 e. The SMILES string of the molecule is CCC(CC(=O)CC(NC(C)=O)C(=O)O)Oc1c(C)cc(-c2nc3cc(OC)cc(OC)c3c(=O)[nH]2)cc1C.